The number of aromatic nitrogens is 1. The van der Waals surface area contributed by atoms with Gasteiger partial charge in [-0.2, -0.15) is 4.72 Å². The van der Waals surface area contributed by atoms with Gasteiger partial charge in [-0.15, -0.1) is 0 Å². The van der Waals surface area contributed by atoms with Crippen molar-refractivity contribution in [1.29, 1.82) is 0 Å². The normalized spacial score (nSPS) is 12.7. The van der Waals surface area contributed by atoms with E-state index in [-0.39, 0.29) is 4.90 Å². The standard InChI is InChI=1S/C15H16FN3O3S/c1-10-3-8-14(17-9-10)18-15(20)11(2)19-23(21,22)13-6-4-12(16)5-7-13/h3-9,11,19H,1-2H3,(H,17,18,20)/t11-/m0/s1. The molecular formula is C15H16FN3O3S. The number of rotatable bonds is 5. The summed E-state index contributed by atoms with van der Waals surface area (Å²) in [7, 11) is -3.92. The average Bonchev–Trinajstić information content (AvgIpc) is 2.49. The number of carbonyl (C=O) groups excluding carboxylic acids is 1. The Balaban J connectivity index is 2.05. The summed E-state index contributed by atoms with van der Waals surface area (Å²) in [5, 5.41) is 2.52. The first-order chi connectivity index (χ1) is 10.8. The van der Waals surface area contributed by atoms with Crippen LogP contribution in [0.3, 0.4) is 0 Å². The first kappa shape index (κ1) is 17.0. The zero-order valence-electron chi connectivity index (χ0n) is 12.6. The lowest BCUT2D eigenvalue weighted by atomic mass is 10.3. The summed E-state index contributed by atoms with van der Waals surface area (Å²) in [4.78, 5) is 15.9. The molecule has 2 N–H and O–H groups in total. The molecule has 0 fully saturated rings. The van der Waals surface area contributed by atoms with Crippen molar-refractivity contribution in [1.82, 2.24) is 9.71 Å². The van der Waals surface area contributed by atoms with Gasteiger partial charge in [-0.3, -0.25) is 4.79 Å². The van der Waals surface area contributed by atoms with E-state index >= 15 is 0 Å². The highest BCUT2D eigenvalue weighted by atomic mass is 32.2. The number of benzene rings is 1. The van der Waals surface area contributed by atoms with Gasteiger partial charge in [0.05, 0.1) is 10.9 Å². The Morgan fingerprint density at radius 2 is 1.83 bits per heavy atom. The van der Waals surface area contributed by atoms with E-state index in [0.29, 0.717) is 5.82 Å². The van der Waals surface area contributed by atoms with Crippen molar-refractivity contribution in [2.75, 3.05) is 5.32 Å². The van der Waals surface area contributed by atoms with Crippen LogP contribution in [-0.4, -0.2) is 25.4 Å². The molecule has 8 heteroatoms. The van der Waals surface area contributed by atoms with Gasteiger partial charge in [0.2, 0.25) is 15.9 Å². The van der Waals surface area contributed by atoms with Gasteiger partial charge in [0.25, 0.3) is 0 Å². The van der Waals surface area contributed by atoms with Crippen LogP contribution in [-0.2, 0) is 14.8 Å². The highest BCUT2D eigenvalue weighted by Gasteiger charge is 2.22. The van der Waals surface area contributed by atoms with Gasteiger partial charge < -0.3 is 5.32 Å². The lowest BCUT2D eigenvalue weighted by molar-refractivity contribution is -0.117. The molecule has 0 saturated heterocycles. The molecule has 1 heterocycles. The molecule has 2 aromatic rings. The van der Waals surface area contributed by atoms with E-state index in [4.69, 9.17) is 0 Å². The van der Waals surface area contributed by atoms with Crippen molar-refractivity contribution in [2.45, 2.75) is 24.8 Å². The van der Waals surface area contributed by atoms with E-state index in [0.717, 1.165) is 29.8 Å². The Kier molecular flexibility index (Phi) is 5.07. The van der Waals surface area contributed by atoms with Crippen LogP contribution in [0.5, 0.6) is 0 Å². The van der Waals surface area contributed by atoms with Gasteiger partial charge >= 0.3 is 0 Å². The number of nitrogens with one attached hydrogen (secondary N) is 2. The quantitative estimate of drug-likeness (QED) is 0.871. The summed E-state index contributed by atoms with van der Waals surface area (Å²) in [6, 6.07) is 6.71. The van der Waals surface area contributed by atoms with Crippen molar-refractivity contribution >= 4 is 21.7 Å². The summed E-state index contributed by atoms with van der Waals surface area (Å²) < 4.78 is 39.3. The number of hydrogen-bond acceptors (Lipinski definition) is 4. The second kappa shape index (κ2) is 6.84. The van der Waals surface area contributed by atoms with Gasteiger partial charge in [-0.1, -0.05) is 6.07 Å². The topological polar surface area (TPSA) is 88.2 Å². The van der Waals surface area contributed by atoms with E-state index in [1.165, 1.54) is 6.92 Å². The van der Waals surface area contributed by atoms with Crippen LogP contribution in [0.1, 0.15) is 12.5 Å². The van der Waals surface area contributed by atoms with E-state index in [1.807, 2.05) is 6.92 Å². The first-order valence-electron chi connectivity index (χ1n) is 6.79. The SMILES string of the molecule is Cc1ccc(NC(=O)[C@H](C)NS(=O)(=O)c2ccc(F)cc2)nc1. The van der Waals surface area contributed by atoms with Crippen molar-refractivity contribution in [3.8, 4) is 0 Å². The fourth-order valence-electron chi connectivity index (χ4n) is 1.74. The van der Waals surface area contributed by atoms with Crippen LogP contribution in [0, 0.1) is 12.7 Å². The lowest BCUT2D eigenvalue weighted by Gasteiger charge is -2.14. The van der Waals surface area contributed by atoms with E-state index in [9.17, 15) is 17.6 Å². The summed E-state index contributed by atoms with van der Waals surface area (Å²) >= 11 is 0. The van der Waals surface area contributed by atoms with Gasteiger partial charge in [0.1, 0.15) is 11.6 Å². The number of aryl methyl sites for hydroxylation is 1. The van der Waals surface area contributed by atoms with Crippen molar-refractivity contribution in [2.24, 2.45) is 0 Å². The third-order valence-corrected chi connectivity index (χ3v) is 4.57. The number of carbonyl (C=O) groups is 1. The van der Waals surface area contributed by atoms with Crippen LogP contribution in [0.25, 0.3) is 0 Å². The van der Waals surface area contributed by atoms with E-state index < -0.39 is 27.8 Å². The minimum Gasteiger partial charge on any atom is -0.309 e. The van der Waals surface area contributed by atoms with Crippen LogP contribution in [0.4, 0.5) is 10.2 Å². The zero-order valence-corrected chi connectivity index (χ0v) is 13.4. The predicted octanol–water partition coefficient (Wildman–Crippen LogP) is 1.83. The summed E-state index contributed by atoms with van der Waals surface area (Å²) in [5.41, 5.74) is 0.938. The van der Waals surface area contributed by atoms with Crippen LogP contribution >= 0.6 is 0 Å². The molecule has 1 aromatic carbocycles. The lowest BCUT2D eigenvalue weighted by Crippen LogP contribution is -2.41. The average molecular weight is 337 g/mol. The summed E-state index contributed by atoms with van der Waals surface area (Å²) in [6.45, 7) is 3.27. The van der Waals surface area contributed by atoms with Gasteiger partial charge in [-0.25, -0.2) is 17.8 Å². The molecule has 1 aromatic heterocycles. The number of nitrogens with zero attached hydrogens (tertiary/aromatic N) is 1. The highest BCUT2D eigenvalue weighted by Crippen LogP contribution is 2.11. The van der Waals surface area contributed by atoms with Crippen molar-refractivity contribution in [3.05, 3.63) is 54.0 Å². The fraction of sp³-hybridized carbons (Fsp3) is 0.200. The minimum atomic E-state index is -3.92. The van der Waals surface area contributed by atoms with Crippen LogP contribution in [0.15, 0.2) is 47.5 Å². The fourth-order valence-corrected chi connectivity index (χ4v) is 2.95. The maximum Gasteiger partial charge on any atom is 0.243 e. The molecule has 23 heavy (non-hydrogen) atoms. The molecule has 0 bridgehead atoms. The second-order valence-corrected chi connectivity index (χ2v) is 6.72. The van der Waals surface area contributed by atoms with E-state index in [2.05, 4.69) is 15.0 Å². The number of pyridine rings is 1. The second-order valence-electron chi connectivity index (χ2n) is 5.01. The molecule has 0 saturated carbocycles. The Bertz CT molecular complexity index is 790. The third-order valence-electron chi connectivity index (χ3n) is 3.01. The number of hydrogen-bond donors (Lipinski definition) is 2. The Morgan fingerprint density at radius 1 is 1.17 bits per heavy atom. The molecule has 1 atom stereocenters. The zero-order chi connectivity index (χ0) is 17.0. The van der Waals surface area contributed by atoms with Crippen molar-refractivity contribution < 1.29 is 17.6 Å². The third kappa shape index (κ3) is 4.57. The molecule has 1 amide bonds. The molecule has 0 aliphatic carbocycles. The van der Waals surface area contributed by atoms with E-state index in [1.54, 1.807) is 18.3 Å². The van der Waals surface area contributed by atoms with Gasteiger partial charge in [-0.05, 0) is 49.7 Å². The number of sulfonamides is 1. The largest absolute Gasteiger partial charge is 0.309 e. The Hall–Kier alpha value is -2.32. The minimum absolute atomic E-state index is 0.119. The number of halogens is 1. The molecule has 0 spiro atoms. The molecule has 122 valence electrons. The highest BCUT2D eigenvalue weighted by molar-refractivity contribution is 7.89. The Labute approximate surface area is 133 Å². The molecule has 0 aliphatic rings. The van der Waals surface area contributed by atoms with Crippen molar-refractivity contribution in [3.63, 3.8) is 0 Å². The molecule has 0 unspecified atom stereocenters. The van der Waals surface area contributed by atoms with Crippen LogP contribution in [0.2, 0.25) is 0 Å². The maximum absolute atomic E-state index is 12.8. The number of amides is 1. The monoisotopic (exact) mass is 337 g/mol. The molecule has 6 nitrogen and oxygen atoms in total. The van der Waals surface area contributed by atoms with Crippen LogP contribution < -0.4 is 10.0 Å². The summed E-state index contributed by atoms with van der Waals surface area (Å²) in [5.74, 6) is -0.763. The molecule has 0 aliphatic heterocycles. The Morgan fingerprint density at radius 3 is 2.39 bits per heavy atom. The molecule has 2 rings (SSSR count). The van der Waals surface area contributed by atoms with Gasteiger partial charge in [0.15, 0.2) is 0 Å². The molecular weight excluding hydrogens is 321 g/mol. The predicted molar refractivity (Wildman–Crippen MR) is 83.8 cm³/mol. The number of anilines is 1. The molecule has 0 radical (unpaired) electrons. The smallest absolute Gasteiger partial charge is 0.243 e. The van der Waals surface area contributed by atoms with Gasteiger partial charge in [0, 0.05) is 6.20 Å². The first-order valence-corrected chi connectivity index (χ1v) is 8.28. The summed E-state index contributed by atoms with van der Waals surface area (Å²) in [6.07, 6.45) is 1.59. The maximum atomic E-state index is 12.8.